The molecule has 1 aliphatic rings. The first-order chi connectivity index (χ1) is 7.78. The molecule has 0 aromatic heterocycles. The second-order valence-corrected chi connectivity index (χ2v) is 4.45. The van der Waals surface area contributed by atoms with Gasteiger partial charge in [0.25, 0.3) is 0 Å². The minimum absolute atomic E-state index is 0.734. The van der Waals surface area contributed by atoms with E-state index in [4.69, 9.17) is 11.6 Å². The Labute approximate surface area is 98.7 Å². The lowest BCUT2D eigenvalue weighted by atomic mass is 10.0. The summed E-state index contributed by atoms with van der Waals surface area (Å²) in [6.07, 6.45) is 1.78. The van der Waals surface area contributed by atoms with Crippen LogP contribution in [0.1, 0.15) is 21.5 Å². The predicted molar refractivity (Wildman–Crippen MR) is 65.1 cm³/mol. The molecule has 0 amide bonds. The van der Waals surface area contributed by atoms with Crippen LogP contribution >= 0.6 is 11.6 Å². The maximum absolute atomic E-state index is 10.7. The van der Waals surface area contributed by atoms with Crippen LogP contribution in [-0.2, 0) is 6.42 Å². The smallest absolute Gasteiger partial charge is 0.150 e. The Morgan fingerprint density at radius 2 is 1.88 bits per heavy atom. The van der Waals surface area contributed by atoms with Gasteiger partial charge in [-0.05, 0) is 46.9 Å². The standard InChI is InChI=1S/C14H9ClO/c15-12-3-2-10-6-11-5-9(8-16)1-4-13(11)14(10)7-12/h1-5,7-8H,6H2. The van der Waals surface area contributed by atoms with E-state index in [2.05, 4.69) is 6.07 Å². The van der Waals surface area contributed by atoms with Crippen LogP contribution in [0.2, 0.25) is 5.02 Å². The maximum atomic E-state index is 10.7. The zero-order chi connectivity index (χ0) is 11.1. The van der Waals surface area contributed by atoms with Crippen molar-refractivity contribution in [3.63, 3.8) is 0 Å². The monoisotopic (exact) mass is 228 g/mol. The molecule has 0 heterocycles. The molecule has 16 heavy (non-hydrogen) atoms. The molecule has 3 rings (SSSR count). The lowest BCUT2D eigenvalue weighted by molar-refractivity contribution is 0.112. The van der Waals surface area contributed by atoms with Crippen LogP contribution in [-0.4, -0.2) is 6.29 Å². The van der Waals surface area contributed by atoms with Crippen molar-refractivity contribution < 1.29 is 4.79 Å². The molecular formula is C14H9ClO. The summed E-state index contributed by atoms with van der Waals surface area (Å²) in [4.78, 5) is 10.7. The molecule has 1 nitrogen and oxygen atoms in total. The fourth-order valence-electron chi connectivity index (χ4n) is 2.25. The number of fused-ring (bicyclic) bond motifs is 3. The minimum atomic E-state index is 0.734. The highest BCUT2D eigenvalue weighted by Gasteiger charge is 2.18. The van der Waals surface area contributed by atoms with Crippen molar-refractivity contribution in [3.05, 3.63) is 58.1 Å². The summed E-state index contributed by atoms with van der Waals surface area (Å²) in [5.74, 6) is 0. The third kappa shape index (κ3) is 1.36. The van der Waals surface area contributed by atoms with Crippen molar-refractivity contribution in [3.8, 4) is 11.1 Å². The van der Waals surface area contributed by atoms with Gasteiger partial charge in [-0.2, -0.15) is 0 Å². The number of carbonyl (C=O) groups is 1. The lowest BCUT2D eigenvalue weighted by Crippen LogP contribution is -1.84. The van der Waals surface area contributed by atoms with Gasteiger partial charge in [-0.1, -0.05) is 29.8 Å². The summed E-state index contributed by atoms with van der Waals surface area (Å²) in [5.41, 5.74) is 5.62. The molecule has 0 fully saturated rings. The van der Waals surface area contributed by atoms with E-state index in [0.717, 1.165) is 23.3 Å². The summed E-state index contributed by atoms with van der Waals surface area (Å²) in [6, 6.07) is 11.8. The first kappa shape index (κ1) is 9.61. The number of aldehydes is 1. The molecule has 78 valence electrons. The van der Waals surface area contributed by atoms with Crippen LogP contribution in [0.4, 0.5) is 0 Å². The highest BCUT2D eigenvalue weighted by atomic mass is 35.5. The van der Waals surface area contributed by atoms with Gasteiger partial charge < -0.3 is 0 Å². The van der Waals surface area contributed by atoms with E-state index in [9.17, 15) is 4.79 Å². The second kappa shape index (κ2) is 3.46. The summed E-state index contributed by atoms with van der Waals surface area (Å²) >= 11 is 5.99. The van der Waals surface area contributed by atoms with Crippen molar-refractivity contribution in [2.45, 2.75) is 6.42 Å². The molecule has 0 bridgehead atoms. The molecular weight excluding hydrogens is 220 g/mol. The number of hydrogen-bond acceptors (Lipinski definition) is 1. The third-order valence-electron chi connectivity index (χ3n) is 3.01. The van der Waals surface area contributed by atoms with E-state index in [1.54, 1.807) is 0 Å². The molecule has 0 unspecified atom stereocenters. The van der Waals surface area contributed by atoms with Crippen LogP contribution in [0.3, 0.4) is 0 Å². The average molecular weight is 229 g/mol. The molecule has 0 spiro atoms. The maximum Gasteiger partial charge on any atom is 0.150 e. The van der Waals surface area contributed by atoms with Crippen molar-refractivity contribution >= 4 is 17.9 Å². The molecule has 2 aromatic rings. The van der Waals surface area contributed by atoms with Crippen molar-refractivity contribution in [1.29, 1.82) is 0 Å². The molecule has 0 N–H and O–H groups in total. The van der Waals surface area contributed by atoms with Gasteiger partial charge in [0.05, 0.1) is 0 Å². The Morgan fingerprint density at radius 1 is 1.00 bits per heavy atom. The summed E-state index contributed by atoms with van der Waals surface area (Å²) < 4.78 is 0. The zero-order valence-corrected chi connectivity index (χ0v) is 9.29. The van der Waals surface area contributed by atoms with E-state index in [1.807, 2.05) is 30.3 Å². The predicted octanol–water partition coefficient (Wildman–Crippen LogP) is 3.72. The van der Waals surface area contributed by atoms with E-state index < -0.39 is 0 Å². The van der Waals surface area contributed by atoms with Crippen molar-refractivity contribution in [1.82, 2.24) is 0 Å². The Balaban J connectivity index is 2.21. The molecule has 2 heteroatoms. The highest BCUT2D eigenvalue weighted by molar-refractivity contribution is 6.31. The summed E-state index contributed by atoms with van der Waals surface area (Å²) in [7, 11) is 0. The minimum Gasteiger partial charge on any atom is -0.298 e. The SMILES string of the molecule is O=Cc1ccc2c(c1)Cc1ccc(Cl)cc1-2. The van der Waals surface area contributed by atoms with E-state index in [-0.39, 0.29) is 0 Å². The van der Waals surface area contributed by atoms with Crippen LogP contribution in [0.15, 0.2) is 36.4 Å². The largest absolute Gasteiger partial charge is 0.298 e. The molecule has 2 aromatic carbocycles. The Morgan fingerprint density at radius 3 is 2.69 bits per heavy atom. The van der Waals surface area contributed by atoms with Gasteiger partial charge in [0.15, 0.2) is 0 Å². The van der Waals surface area contributed by atoms with Gasteiger partial charge in [-0.15, -0.1) is 0 Å². The zero-order valence-electron chi connectivity index (χ0n) is 8.53. The van der Waals surface area contributed by atoms with Gasteiger partial charge in [-0.25, -0.2) is 0 Å². The van der Waals surface area contributed by atoms with Crippen molar-refractivity contribution in [2.24, 2.45) is 0 Å². The Hall–Kier alpha value is -1.60. The van der Waals surface area contributed by atoms with E-state index in [0.29, 0.717) is 0 Å². The Kier molecular flexibility index (Phi) is 2.08. The third-order valence-corrected chi connectivity index (χ3v) is 3.24. The number of hydrogen-bond donors (Lipinski definition) is 0. The fraction of sp³-hybridized carbons (Fsp3) is 0.0714. The van der Waals surface area contributed by atoms with Crippen LogP contribution < -0.4 is 0 Å². The molecule has 0 saturated heterocycles. The highest BCUT2D eigenvalue weighted by Crippen LogP contribution is 2.38. The number of halogens is 1. The quantitative estimate of drug-likeness (QED) is 0.580. The van der Waals surface area contributed by atoms with Crippen LogP contribution in [0.25, 0.3) is 11.1 Å². The molecule has 0 atom stereocenters. The van der Waals surface area contributed by atoms with Gasteiger partial charge in [0, 0.05) is 10.6 Å². The number of carbonyl (C=O) groups excluding carboxylic acids is 1. The molecule has 0 radical (unpaired) electrons. The molecule has 0 saturated carbocycles. The fourth-order valence-corrected chi connectivity index (χ4v) is 2.43. The molecule has 1 aliphatic carbocycles. The van der Waals surface area contributed by atoms with Gasteiger partial charge in [0.2, 0.25) is 0 Å². The van der Waals surface area contributed by atoms with Gasteiger partial charge in [-0.3, -0.25) is 4.79 Å². The van der Waals surface area contributed by atoms with Crippen LogP contribution in [0.5, 0.6) is 0 Å². The molecule has 0 aliphatic heterocycles. The van der Waals surface area contributed by atoms with Crippen molar-refractivity contribution in [2.75, 3.05) is 0 Å². The number of rotatable bonds is 1. The van der Waals surface area contributed by atoms with Gasteiger partial charge >= 0.3 is 0 Å². The van der Waals surface area contributed by atoms with Gasteiger partial charge in [0.1, 0.15) is 6.29 Å². The summed E-state index contributed by atoms with van der Waals surface area (Å²) in [5, 5.41) is 0.756. The normalized spacial score (nSPS) is 12.1. The Bertz CT molecular complexity index is 587. The first-order valence-corrected chi connectivity index (χ1v) is 5.52. The topological polar surface area (TPSA) is 17.1 Å². The summed E-state index contributed by atoms with van der Waals surface area (Å²) in [6.45, 7) is 0. The average Bonchev–Trinajstić information content (AvgIpc) is 2.66. The number of benzene rings is 2. The second-order valence-electron chi connectivity index (χ2n) is 4.01. The van der Waals surface area contributed by atoms with E-state index in [1.165, 1.54) is 22.3 Å². The first-order valence-electron chi connectivity index (χ1n) is 5.15. The van der Waals surface area contributed by atoms with E-state index >= 15 is 0 Å². The van der Waals surface area contributed by atoms with Crippen LogP contribution in [0, 0.1) is 0 Å². The lowest BCUT2D eigenvalue weighted by Gasteiger charge is -2.01.